The summed E-state index contributed by atoms with van der Waals surface area (Å²) in [5.74, 6) is -0.0683. The van der Waals surface area contributed by atoms with Gasteiger partial charge in [-0.05, 0) is 50.1 Å². The third-order valence-electron chi connectivity index (χ3n) is 5.53. The van der Waals surface area contributed by atoms with E-state index >= 15 is 0 Å². The van der Waals surface area contributed by atoms with Crippen LogP contribution in [0.3, 0.4) is 0 Å². The van der Waals surface area contributed by atoms with Gasteiger partial charge in [-0.15, -0.1) is 11.8 Å². The number of morpholine rings is 1. The largest absolute Gasteiger partial charge is 0.373 e. The van der Waals surface area contributed by atoms with Crippen LogP contribution < -0.4 is 5.32 Å². The first-order valence-corrected chi connectivity index (χ1v) is 13.1. The second-order valence-corrected chi connectivity index (χ2v) is 11.5. The molecule has 3 unspecified atom stereocenters. The lowest BCUT2D eigenvalue weighted by atomic mass is 10.0. The molecule has 2 aromatic rings. The Morgan fingerprint density at radius 2 is 1.94 bits per heavy atom. The summed E-state index contributed by atoms with van der Waals surface area (Å²) in [5, 5.41) is 2.97. The number of benzene rings is 2. The first-order valence-electron chi connectivity index (χ1n) is 10.3. The van der Waals surface area contributed by atoms with Gasteiger partial charge < -0.3 is 10.1 Å². The Balaban J connectivity index is 1.60. The van der Waals surface area contributed by atoms with Crippen molar-refractivity contribution in [2.75, 3.05) is 18.8 Å². The molecule has 4 rings (SSSR count). The molecule has 1 amide bonds. The molecule has 0 saturated carbocycles. The van der Waals surface area contributed by atoms with Gasteiger partial charge in [0.15, 0.2) is 0 Å². The van der Waals surface area contributed by atoms with Crippen molar-refractivity contribution in [2.45, 2.75) is 48.3 Å². The molecule has 1 fully saturated rings. The van der Waals surface area contributed by atoms with Gasteiger partial charge in [0, 0.05) is 29.3 Å². The molecular formula is C22H24ClFN2O4S2. The van der Waals surface area contributed by atoms with Crippen molar-refractivity contribution < 1.29 is 22.3 Å². The number of amides is 1. The van der Waals surface area contributed by atoms with Gasteiger partial charge in [0.2, 0.25) is 10.0 Å². The van der Waals surface area contributed by atoms with Gasteiger partial charge in [-0.2, -0.15) is 4.31 Å². The van der Waals surface area contributed by atoms with Crippen molar-refractivity contribution in [3.05, 3.63) is 58.4 Å². The lowest BCUT2D eigenvalue weighted by Crippen LogP contribution is -2.48. The van der Waals surface area contributed by atoms with E-state index < -0.39 is 15.9 Å². The predicted molar refractivity (Wildman–Crippen MR) is 122 cm³/mol. The van der Waals surface area contributed by atoms with Crippen LogP contribution in [0.15, 0.2) is 46.2 Å². The average Bonchev–Trinajstić information content (AvgIpc) is 2.74. The van der Waals surface area contributed by atoms with Crippen molar-refractivity contribution in [3.8, 4) is 0 Å². The molecule has 1 saturated heterocycles. The standard InChI is InChI=1S/C22H24ClFN2O4S2/c1-13-11-26(12-14(2)30-13)32(28,29)20-10-15(6-7-17(20)23)22(27)25-19-8-9-31-21-16(19)4-3-5-18(21)24/h3-7,10,13-14,19H,8-9,11-12H2,1-2H3,(H,25,27). The zero-order chi connectivity index (χ0) is 23.0. The maximum atomic E-state index is 14.1. The molecule has 6 nitrogen and oxygen atoms in total. The van der Waals surface area contributed by atoms with Crippen molar-refractivity contribution in [3.63, 3.8) is 0 Å². The zero-order valence-corrected chi connectivity index (χ0v) is 20.1. The van der Waals surface area contributed by atoms with Gasteiger partial charge in [0.25, 0.3) is 5.91 Å². The highest BCUT2D eigenvalue weighted by Crippen LogP contribution is 2.38. The van der Waals surface area contributed by atoms with Crippen LogP contribution in [-0.2, 0) is 14.8 Å². The third kappa shape index (κ3) is 4.68. The van der Waals surface area contributed by atoms with Gasteiger partial charge >= 0.3 is 0 Å². The number of rotatable bonds is 4. The number of halogens is 2. The second kappa shape index (κ2) is 9.30. The quantitative estimate of drug-likeness (QED) is 0.682. The monoisotopic (exact) mass is 498 g/mol. The fourth-order valence-electron chi connectivity index (χ4n) is 4.09. The number of hydrogen-bond acceptors (Lipinski definition) is 5. The van der Waals surface area contributed by atoms with E-state index in [2.05, 4.69) is 5.32 Å². The number of carbonyl (C=O) groups is 1. The summed E-state index contributed by atoms with van der Waals surface area (Å²) in [4.78, 5) is 13.4. The molecule has 0 bridgehead atoms. The first-order chi connectivity index (χ1) is 15.2. The molecule has 0 spiro atoms. The van der Waals surface area contributed by atoms with Crippen molar-refractivity contribution >= 4 is 39.3 Å². The van der Waals surface area contributed by atoms with E-state index in [9.17, 15) is 17.6 Å². The molecule has 172 valence electrons. The maximum Gasteiger partial charge on any atom is 0.251 e. The fraction of sp³-hybridized carbons (Fsp3) is 0.409. The molecule has 32 heavy (non-hydrogen) atoms. The molecule has 3 atom stereocenters. The lowest BCUT2D eigenvalue weighted by Gasteiger charge is -2.34. The van der Waals surface area contributed by atoms with E-state index in [1.54, 1.807) is 12.1 Å². The molecule has 0 aliphatic carbocycles. The van der Waals surface area contributed by atoms with Crippen LogP contribution in [0, 0.1) is 5.82 Å². The SMILES string of the molecule is CC1CN(S(=O)(=O)c2cc(C(=O)NC3CCSc4c(F)cccc43)ccc2Cl)CC(C)O1. The van der Waals surface area contributed by atoms with Crippen molar-refractivity contribution in [1.29, 1.82) is 0 Å². The summed E-state index contributed by atoms with van der Waals surface area (Å²) in [5.41, 5.74) is 0.909. The Bertz CT molecular complexity index is 1130. The molecule has 2 heterocycles. The van der Waals surface area contributed by atoms with E-state index in [-0.39, 0.29) is 52.6 Å². The normalized spacial score (nSPS) is 24.1. The molecule has 2 aliphatic heterocycles. The zero-order valence-electron chi connectivity index (χ0n) is 17.7. The maximum absolute atomic E-state index is 14.1. The van der Waals surface area contributed by atoms with Crippen LogP contribution in [0.5, 0.6) is 0 Å². The average molecular weight is 499 g/mol. The number of carbonyl (C=O) groups excluding carboxylic acids is 1. The van der Waals surface area contributed by atoms with Gasteiger partial charge in [0.05, 0.1) is 23.3 Å². The van der Waals surface area contributed by atoms with E-state index in [1.807, 2.05) is 13.8 Å². The Hall–Kier alpha value is -1.65. The lowest BCUT2D eigenvalue weighted by molar-refractivity contribution is -0.0440. The van der Waals surface area contributed by atoms with E-state index in [0.29, 0.717) is 17.1 Å². The molecule has 2 aromatic carbocycles. The Kier molecular flexibility index (Phi) is 6.84. The van der Waals surface area contributed by atoms with Gasteiger partial charge in [-0.1, -0.05) is 23.7 Å². The Morgan fingerprint density at radius 3 is 2.66 bits per heavy atom. The summed E-state index contributed by atoms with van der Waals surface area (Å²) in [6, 6.07) is 8.68. The van der Waals surface area contributed by atoms with Crippen LogP contribution in [0.1, 0.15) is 42.2 Å². The first kappa shape index (κ1) is 23.5. The summed E-state index contributed by atoms with van der Waals surface area (Å²) in [6.45, 7) is 4.04. The minimum Gasteiger partial charge on any atom is -0.373 e. The van der Waals surface area contributed by atoms with Crippen LogP contribution in [0.25, 0.3) is 0 Å². The van der Waals surface area contributed by atoms with Crippen LogP contribution in [0.4, 0.5) is 4.39 Å². The van der Waals surface area contributed by atoms with E-state index in [0.717, 1.165) is 5.56 Å². The number of hydrogen-bond donors (Lipinski definition) is 1. The third-order valence-corrected chi connectivity index (χ3v) is 9.00. The summed E-state index contributed by atoms with van der Waals surface area (Å²) < 4.78 is 47.7. The summed E-state index contributed by atoms with van der Waals surface area (Å²) >= 11 is 7.67. The van der Waals surface area contributed by atoms with E-state index in [1.165, 1.54) is 40.3 Å². The molecule has 2 aliphatic rings. The number of ether oxygens (including phenoxy) is 1. The molecule has 10 heteroatoms. The molecular weight excluding hydrogens is 475 g/mol. The number of fused-ring (bicyclic) bond motifs is 1. The topological polar surface area (TPSA) is 75.7 Å². The fourth-order valence-corrected chi connectivity index (χ4v) is 7.32. The summed E-state index contributed by atoms with van der Waals surface area (Å²) in [6.07, 6.45) is 0.154. The minimum absolute atomic E-state index is 0.0508. The van der Waals surface area contributed by atoms with Gasteiger partial charge in [0.1, 0.15) is 10.7 Å². The molecule has 0 radical (unpaired) electrons. The number of nitrogens with one attached hydrogen (secondary N) is 1. The highest BCUT2D eigenvalue weighted by Gasteiger charge is 2.34. The minimum atomic E-state index is -3.91. The number of sulfonamides is 1. The Labute approximate surface area is 196 Å². The molecule has 1 N–H and O–H groups in total. The summed E-state index contributed by atoms with van der Waals surface area (Å²) in [7, 11) is -3.91. The van der Waals surface area contributed by atoms with E-state index in [4.69, 9.17) is 16.3 Å². The predicted octanol–water partition coefficient (Wildman–Crippen LogP) is 4.24. The number of thioether (sulfide) groups is 1. The van der Waals surface area contributed by atoms with Crippen LogP contribution >= 0.6 is 23.4 Å². The van der Waals surface area contributed by atoms with Gasteiger partial charge in [-0.25, -0.2) is 12.8 Å². The van der Waals surface area contributed by atoms with Crippen molar-refractivity contribution in [2.24, 2.45) is 0 Å². The second-order valence-electron chi connectivity index (χ2n) is 8.05. The highest BCUT2D eigenvalue weighted by molar-refractivity contribution is 7.99. The smallest absolute Gasteiger partial charge is 0.251 e. The molecule has 0 aromatic heterocycles. The Morgan fingerprint density at radius 1 is 1.22 bits per heavy atom. The van der Waals surface area contributed by atoms with Crippen molar-refractivity contribution in [1.82, 2.24) is 9.62 Å². The van der Waals surface area contributed by atoms with Gasteiger partial charge in [-0.3, -0.25) is 4.79 Å². The number of nitrogens with zero attached hydrogens (tertiary/aromatic N) is 1. The van der Waals surface area contributed by atoms with Crippen LogP contribution in [-0.4, -0.2) is 49.7 Å². The van der Waals surface area contributed by atoms with Crippen LogP contribution in [0.2, 0.25) is 5.02 Å². The highest BCUT2D eigenvalue weighted by atomic mass is 35.5.